The van der Waals surface area contributed by atoms with E-state index in [4.69, 9.17) is 9.47 Å². The summed E-state index contributed by atoms with van der Waals surface area (Å²) in [7, 11) is 1.95. The highest BCUT2D eigenvalue weighted by Crippen LogP contribution is 2.19. The van der Waals surface area contributed by atoms with Gasteiger partial charge in [0, 0.05) is 18.8 Å². The number of hydrogen-bond acceptors (Lipinski definition) is 5. The number of urea groups is 1. The zero-order valence-corrected chi connectivity index (χ0v) is 16.5. The molecule has 1 atom stereocenters. The Morgan fingerprint density at radius 1 is 1.11 bits per heavy atom. The summed E-state index contributed by atoms with van der Waals surface area (Å²) in [5.74, 6) is 0.453. The molecular formula is C20H29N3O4. The number of nitrogens with zero attached hydrogens (tertiary/aromatic N) is 1. The van der Waals surface area contributed by atoms with Crippen LogP contribution in [0.15, 0.2) is 35.5 Å². The SMILES string of the molecule is CCOC(=O)C1=C(CN(C)Cc2ccc(OCC)cc2)NC(=O)N[C@@H]1CC. The van der Waals surface area contributed by atoms with Crippen molar-refractivity contribution in [3.63, 3.8) is 0 Å². The third kappa shape index (κ3) is 5.72. The van der Waals surface area contributed by atoms with Gasteiger partial charge in [-0.15, -0.1) is 0 Å². The number of esters is 1. The van der Waals surface area contributed by atoms with Gasteiger partial charge in [0.05, 0.1) is 24.8 Å². The van der Waals surface area contributed by atoms with Gasteiger partial charge in [0.1, 0.15) is 5.75 Å². The molecule has 7 nitrogen and oxygen atoms in total. The van der Waals surface area contributed by atoms with Crippen molar-refractivity contribution in [2.45, 2.75) is 39.8 Å². The van der Waals surface area contributed by atoms with Crippen molar-refractivity contribution >= 4 is 12.0 Å². The molecule has 0 saturated heterocycles. The van der Waals surface area contributed by atoms with Crippen LogP contribution in [0, 0.1) is 0 Å². The van der Waals surface area contributed by atoms with Crippen LogP contribution in [-0.2, 0) is 16.1 Å². The van der Waals surface area contributed by atoms with Crippen molar-refractivity contribution in [1.82, 2.24) is 15.5 Å². The highest BCUT2D eigenvalue weighted by Gasteiger charge is 2.31. The molecule has 0 aromatic heterocycles. The zero-order chi connectivity index (χ0) is 19.8. The van der Waals surface area contributed by atoms with Crippen molar-refractivity contribution < 1.29 is 19.1 Å². The summed E-state index contributed by atoms with van der Waals surface area (Å²) in [4.78, 5) is 26.4. The molecule has 2 N–H and O–H groups in total. The minimum absolute atomic E-state index is 0.292. The Balaban J connectivity index is 2.14. The molecule has 7 heteroatoms. The monoisotopic (exact) mass is 375 g/mol. The summed E-state index contributed by atoms with van der Waals surface area (Å²) in [6, 6.07) is 7.27. The zero-order valence-electron chi connectivity index (χ0n) is 16.5. The number of benzene rings is 1. The van der Waals surface area contributed by atoms with Gasteiger partial charge in [-0.05, 0) is 45.0 Å². The van der Waals surface area contributed by atoms with Crippen molar-refractivity contribution in [3.8, 4) is 5.75 Å². The highest BCUT2D eigenvalue weighted by molar-refractivity contribution is 5.94. The molecule has 27 heavy (non-hydrogen) atoms. The van der Waals surface area contributed by atoms with Crippen LogP contribution < -0.4 is 15.4 Å². The average Bonchev–Trinajstić information content (AvgIpc) is 2.63. The molecule has 1 heterocycles. The number of carbonyl (C=O) groups is 2. The summed E-state index contributed by atoms with van der Waals surface area (Å²) in [5.41, 5.74) is 2.21. The standard InChI is InChI=1S/C20H29N3O4/c1-5-16-18(19(24)27-7-3)17(22-20(25)21-16)13-23(4)12-14-8-10-15(11-9-14)26-6-2/h8-11,16H,5-7,12-13H2,1-4H3,(H2,21,22,25)/t16-/m1/s1. The first-order valence-corrected chi connectivity index (χ1v) is 9.36. The molecule has 1 aliphatic heterocycles. The van der Waals surface area contributed by atoms with Crippen LogP contribution in [0.25, 0.3) is 0 Å². The number of amides is 2. The lowest BCUT2D eigenvalue weighted by Gasteiger charge is -2.30. The molecule has 0 aliphatic carbocycles. The second-order valence-electron chi connectivity index (χ2n) is 6.42. The third-order valence-electron chi connectivity index (χ3n) is 4.26. The Hall–Kier alpha value is -2.54. The normalized spacial score (nSPS) is 16.8. The number of hydrogen-bond donors (Lipinski definition) is 2. The van der Waals surface area contributed by atoms with E-state index in [1.807, 2.05) is 50.1 Å². The van der Waals surface area contributed by atoms with Crippen molar-refractivity contribution in [2.24, 2.45) is 0 Å². The molecule has 1 aliphatic rings. The van der Waals surface area contributed by atoms with Gasteiger partial charge in [-0.1, -0.05) is 19.1 Å². The molecule has 0 radical (unpaired) electrons. The van der Waals surface area contributed by atoms with E-state index in [-0.39, 0.29) is 18.0 Å². The maximum Gasteiger partial charge on any atom is 0.337 e. The molecule has 1 aromatic rings. The fraction of sp³-hybridized carbons (Fsp3) is 0.500. The van der Waals surface area contributed by atoms with Gasteiger partial charge in [-0.3, -0.25) is 4.90 Å². The Morgan fingerprint density at radius 2 is 1.81 bits per heavy atom. The first kappa shape index (κ1) is 20.8. The summed E-state index contributed by atoms with van der Waals surface area (Å²) in [6.07, 6.45) is 0.619. The van der Waals surface area contributed by atoms with Crippen molar-refractivity contribution in [1.29, 1.82) is 0 Å². The van der Waals surface area contributed by atoms with E-state index in [9.17, 15) is 9.59 Å². The number of ether oxygens (including phenoxy) is 2. The molecule has 0 spiro atoms. The summed E-state index contributed by atoms with van der Waals surface area (Å²) in [5, 5.41) is 5.57. The molecule has 2 rings (SSSR count). The smallest absolute Gasteiger partial charge is 0.337 e. The van der Waals surface area contributed by atoms with E-state index in [2.05, 4.69) is 10.6 Å². The van der Waals surface area contributed by atoms with Crippen LogP contribution in [0.5, 0.6) is 5.75 Å². The lowest BCUT2D eigenvalue weighted by molar-refractivity contribution is -0.139. The van der Waals surface area contributed by atoms with Crippen molar-refractivity contribution in [2.75, 3.05) is 26.8 Å². The van der Waals surface area contributed by atoms with Gasteiger partial charge in [0.2, 0.25) is 0 Å². The fourth-order valence-corrected chi connectivity index (χ4v) is 3.08. The topological polar surface area (TPSA) is 79.9 Å². The molecule has 2 amide bonds. The molecule has 0 fully saturated rings. The van der Waals surface area contributed by atoms with Crippen molar-refractivity contribution in [3.05, 3.63) is 41.1 Å². The molecule has 0 saturated carbocycles. The lowest BCUT2D eigenvalue weighted by atomic mass is 10.00. The molecule has 148 valence electrons. The van der Waals surface area contributed by atoms with Gasteiger partial charge < -0.3 is 20.1 Å². The van der Waals surface area contributed by atoms with Crippen LogP contribution in [0.4, 0.5) is 4.79 Å². The van der Waals surface area contributed by atoms with Gasteiger partial charge in [0.15, 0.2) is 0 Å². The van der Waals surface area contributed by atoms with E-state index < -0.39 is 0 Å². The average molecular weight is 375 g/mol. The predicted octanol–water partition coefficient (Wildman–Crippen LogP) is 2.43. The number of rotatable bonds is 9. The minimum atomic E-state index is -0.388. The molecular weight excluding hydrogens is 346 g/mol. The number of likely N-dealkylation sites (N-methyl/N-ethyl adjacent to an activating group) is 1. The van der Waals surface area contributed by atoms with Gasteiger partial charge in [-0.25, -0.2) is 9.59 Å². The highest BCUT2D eigenvalue weighted by atomic mass is 16.5. The quantitative estimate of drug-likeness (QED) is 0.648. The van der Waals surface area contributed by atoms with Crippen LogP contribution >= 0.6 is 0 Å². The second kappa shape index (κ2) is 9.97. The van der Waals surface area contributed by atoms with Crippen LogP contribution in [0.1, 0.15) is 32.8 Å². The Labute approximate surface area is 160 Å². The fourth-order valence-electron chi connectivity index (χ4n) is 3.08. The summed E-state index contributed by atoms with van der Waals surface area (Å²) in [6.45, 7) is 7.69. The van der Waals surface area contributed by atoms with E-state index in [1.165, 1.54) is 0 Å². The number of carbonyl (C=O) groups excluding carboxylic acids is 2. The molecule has 0 bridgehead atoms. The Morgan fingerprint density at radius 3 is 2.41 bits per heavy atom. The van der Waals surface area contributed by atoms with Crippen LogP contribution in [0.2, 0.25) is 0 Å². The largest absolute Gasteiger partial charge is 0.494 e. The lowest BCUT2D eigenvalue weighted by Crippen LogP contribution is -2.51. The second-order valence-corrected chi connectivity index (χ2v) is 6.42. The van der Waals surface area contributed by atoms with Gasteiger partial charge in [0.25, 0.3) is 0 Å². The van der Waals surface area contributed by atoms with E-state index in [1.54, 1.807) is 6.92 Å². The molecule has 0 unspecified atom stereocenters. The van der Waals surface area contributed by atoms with Gasteiger partial charge in [-0.2, -0.15) is 0 Å². The minimum Gasteiger partial charge on any atom is -0.494 e. The predicted molar refractivity (Wildman–Crippen MR) is 103 cm³/mol. The maximum absolute atomic E-state index is 12.4. The Bertz CT molecular complexity index is 685. The third-order valence-corrected chi connectivity index (χ3v) is 4.26. The van der Waals surface area contributed by atoms with Crippen LogP contribution in [0.3, 0.4) is 0 Å². The summed E-state index contributed by atoms with van der Waals surface area (Å²) >= 11 is 0. The van der Waals surface area contributed by atoms with Crippen LogP contribution in [-0.4, -0.2) is 49.7 Å². The van der Waals surface area contributed by atoms with E-state index in [0.29, 0.717) is 44.0 Å². The van der Waals surface area contributed by atoms with E-state index in [0.717, 1.165) is 11.3 Å². The number of nitrogens with one attached hydrogen (secondary N) is 2. The first-order chi connectivity index (χ1) is 13.0. The summed E-state index contributed by atoms with van der Waals surface area (Å²) < 4.78 is 10.7. The van der Waals surface area contributed by atoms with E-state index >= 15 is 0 Å². The first-order valence-electron chi connectivity index (χ1n) is 9.36. The Kier molecular flexibility index (Phi) is 7.67. The van der Waals surface area contributed by atoms with Gasteiger partial charge >= 0.3 is 12.0 Å². The maximum atomic E-state index is 12.4. The molecule has 1 aromatic carbocycles.